The molecule has 0 fully saturated rings. The number of aryl methyl sites for hydroxylation is 2. The van der Waals surface area contributed by atoms with Crippen molar-refractivity contribution in [2.45, 2.75) is 30.4 Å². The highest BCUT2D eigenvalue weighted by atomic mass is 32.2. The lowest BCUT2D eigenvalue weighted by molar-refractivity contribution is -0.143. The molecule has 1 atom stereocenters. The first-order chi connectivity index (χ1) is 12.4. The molecule has 6 heteroatoms. The molecule has 0 aliphatic carbocycles. The Balaban J connectivity index is 1.57. The second-order valence-corrected chi connectivity index (χ2v) is 7.44. The summed E-state index contributed by atoms with van der Waals surface area (Å²) >= 11 is 1.33. The van der Waals surface area contributed by atoms with Gasteiger partial charge in [-0.25, -0.2) is 0 Å². The molecule has 1 amide bonds. The smallest absolute Gasteiger partial charge is 0.307 e. The zero-order chi connectivity index (χ0) is 18.7. The second-order valence-electron chi connectivity index (χ2n) is 6.20. The summed E-state index contributed by atoms with van der Waals surface area (Å²) in [6, 6.07) is 13.0. The highest BCUT2D eigenvalue weighted by molar-refractivity contribution is 8.01. The minimum Gasteiger partial charge on any atom is -0.457 e. The summed E-state index contributed by atoms with van der Waals surface area (Å²) in [5.74, 6) is -1.03. The number of ketones is 1. The van der Waals surface area contributed by atoms with Crippen LogP contribution in [0.25, 0.3) is 0 Å². The van der Waals surface area contributed by atoms with E-state index in [4.69, 9.17) is 4.74 Å². The molecule has 0 unspecified atom stereocenters. The summed E-state index contributed by atoms with van der Waals surface area (Å²) in [6.07, 6.45) is -0.0785. The van der Waals surface area contributed by atoms with E-state index >= 15 is 0 Å². The topological polar surface area (TPSA) is 72.5 Å². The zero-order valence-corrected chi connectivity index (χ0v) is 15.4. The first-order valence-corrected chi connectivity index (χ1v) is 9.14. The largest absolute Gasteiger partial charge is 0.457 e. The van der Waals surface area contributed by atoms with Crippen LogP contribution in [-0.2, 0) is 14.3 Å². The molecule has 0 aromatic heterocycles. The van der Waals surface area contributed by atoms with Crippen LogP contribution in [-0.4, -0.2) is 29.5 Å². The van der Waals surface area contributed by atoms with E-state index in [1.807, 2.05) is 50.2 Å². The van der Waals surface area contributed by atoms with Gasteiger partial charge in [-0.15, -0.1) is 11.8 Å². The number of Topliss-reactive ketones (excluding diaryl/α,β-unsaturated/α-hetero) is 1. The maximum atomic E-state index is 12.3. The number of esters is 1. The minimum atomic E-state index is -0.562. The quantitative estimate of drug-likeness (QED) is 0.645. The van der Waals surface area contributed by atoms with Crippen molar-refractivity contribution in [3.8, 4) is 0 Å². The van der Waals surface area contributed by atoms with Crippen LogP contribution in [0.3, 0.4) is 0 Å². The molecule has 3 rings (SSSR count). The van der Waals surface area contributed by atoms with Crippen molar-refractivity contribution in [1.82, 2.24) is 0 Å². The second kappa shape index (κ2) is 7.74. The van der Waals surface area contributed by atoms with Crippen molar-refractivity contribution in [3.05, 3.63) is 59.2 Å². The summed E-state index contributed by atoms with van der Waals surface area (Å²) in [5, 5.41) is 2.22. The van der Waals surface area contributed by atoms with Gasteiger partial charge in [-0.05, 0) is 37.6 Å². The van der Waals surface area contributed by atoms with Gasteiger partial charge in [-0.2, -0.15) is 0 Å². The molecule has 0 saturated heterocycles. The Morgan fingerprint density at radius 3 is 2.73 bits per heavy atom. The van der Waals surface area contributed by atoms with Crippen LogP contribution in [0.2, 0.25) is 0 Å². The van der Waals surface area contributed by atoms with Gasteiger partial charge in [0.1, 0.15) is 0 Å². The Labute approximate surface area is 156 Å². The van der Waals surface area contributed by atoms with Crippen molar-refractivity contribution in [2.24, 2.45) is 0 Å². The van der Waals surface area contributed by atoms with E-state index in [0.29, 0.717) is 5.56 Å². The van der Waals surface area contributed by atoms with Gasteiger partial charge in [-0.1, -0.05) is 29.8 Å². The maximum absolute atomic E-state index is 12.3. The number of hydrogen-bond acceptors (Lipinski definition) is 5. The van der Waals surface area contributed by atoms with Crippen LogP contribution < -0.4 is 5.32 Å². The predicted molar refractivity (Wildman–Crippen MR) is 101 cm³/mol. The van der Waals surface area contributed by atoms with E-state index in [2.05, 4.69) is 5.32 Å². The Bertz CT molecular complexity index is 878. The molecule has 26 heavy (non-hydrogen) atoms. The fraction of sp³-hybridized carbons (Fsp3) is 0.250. The number of nitrogens with one attached hydrogen (secondary N) is 1. The number of thioether (sulfide) groups is 1. The predicted octanol–water partition coefficient (Wildman–Crippen LogP) is 3.53. The number of hydrogen-bond donors (Lipinski definition) is 1. The summed E-state index contributed by atoms with van der Waals surface area (Å²) in [5.41, 5.74) is 3.11. The molecule has 0 spiro atoms. The van der Waals surface area contributed by atoms with E-state index in [1.54, 1.807) is 6.07 Å². The van der Waals surface area contributed by atoms with Gasteiger partial charge in [0, 0.05) is 10.5 Å². The van der Waals surface area contributed by atoms with Gasteiger partial charge < -0.3 is 10.1 Å². The third-order valence-electron chi connectivity index (χ3n) is 4.12. The lowest BCUT2D eigenvalue weighted by Gasteiger charge is -2.23. The van der Waals surface area contributed by atoms with Crippen LogP contribution in [0.15, 0.2) is 47.4 Å². The average molecular weight is 369 g/mol. The molecule has 1 aliphatic rings. The normalized spacial score (nSPS) is 15.8. The standard InChI is InChI=1S/C20H19NO4S/c1-12-7-8-13(2)14(9-12)16(22)11-25-19(23)10-18-20(24)21-15-5-3-4-6-17(15)26-18/h3-9,18H,10-11H2,1-2H3,(H,21,24)/t18-/m1/s1. The van der Waals surface area contributed by atoms with Crippen LogP contribution in [0.4, 0.5) is 5.69 Å². The zero-order valence-electron chi connectivity index (χ0n) is 14.6. The number of para-hydroxylation sites is 1. The SMILES string of the molecule is Cc1ccc(C)c(C(=O)COC(=O)C[C@H]2Sc3ccccc3NC2=O)c1. The van der Waals surface area contributed by atoms with Gasteiger partial charge in [0.25, 0.3) is 0 Å². The number of carbonyl (C=O) groups excluding carboxylic acids is 3. The van der Waals surface area contributed by atoms with Gasteiger partial charge in [-0.3, -0.25) is 14.4 Å². The summed E-state index contributed by atoms with van der Waals surface area (Å²) in [7, 11) is 0. The molecule has 1 aliphatic heterocycles. The summed E-state index contributed by atoms with van der Waals surface area (Å²) in [6.45, 7) is 3.42. The Morgan fingerprint density at radius 1 is 1.15 bits per heavy atom. The van der Waals surface area contributed by atoms with Crippen molar-refractivity contribution >= 4 is 35.1 Å². The van der Waals surface area contributed by atoms with Gasteiger partial charge in [0.2, 0.25) is 11.7 Å². The number of fused-ring (bicyclic) bond motifs is 1. The molecular weight excluding hydrogens is 350 g/mol. The summed E-state index contributed by atoms with van der Waals surface area (Å²) in [4.78, 5) is 37.4. The van der Waals surface area contributed by atoms with E-state index < -0.39 is 11.2 Å². The fourth-order valence-corrected chi connectivity index (χ4v) is 3.79. The van der Waals surface area contributed by atoms with Crippen LogP contribution >= 0.6 is 11.8 Å². The van der Waals surface area contributed by atoms with Gasteiger partial charge >= 0.3 is 5.97 Å². The number of amides is 1. The van der Waals surface area contributed by atoms with Crippen molar-refractivity contribution in [3.63, 3.8) is 0 Å². The molecule has 2 aromatic rings. The third-order valence-corrected chi connectivity index (χ3v) is 5.39. The molecule has 1 N–H and O–H groups in total. The summed E-state index contributed by atoms with van der Waals surface area (Å²) < 4.78 is 5.11. The van der Waals surface area contributed by atoms with Gasteiger partial charge in [0.05, 0.1) is 17.4 Å². The molecular formula is C20H19NO4S. The molecule has 0 saturated carbocycles. The van der Waals surface area contributed by atoms with Crippen molar-refractivity contribution in [2.75, 3.05) is 11.9 Å². The Morgan fingerprint density at radius 2 is 1.92 bits per heavy atom. The van der Waals surface area contributed by atoms with Crippen molar-refractivity contribution in [1.29, 1.82) is 0 Å². The maximum Gasteiger partial charge on any atom is 0.307 e. The van der Waals surface area contributed by atoms with Crippen LogP contribution in [0.1, 0.15) is 27.9 Å². The first-order valence-electron chi connectivity index (χ1n) is 8.26. The number of rotatable bonds is 5. The monoisotopic (exact) mass is 369 g/mol. The van der Waals surface area contributed by atoms with E-state index in [0.717, 1.165) is 21.7 Å². The highest BCUT2D eigenvalue weighted by Crippen LogP contribution is 2.36. The average Bonchev–Trinajstić information content (AvgIpc) is 2.62. The molecule has 0 bridgehead atoms. The fourth-order valence-electron chi connectivity index (χ4n) is 2.70. The Kier molecular flexibility index (Phi) is 5.42. The molecule has 2 aromatic carbocycles. The third kappa shape index (κ3) is 4.14. The highest BCUT2D eigenvalue weighted by Gasteiger charge is 2.29. The number of ether oxygens (including phenoxy) is 1. The van der Waals surface area contributed by atoms with E-state index in [9.17, 15) is 14.4 Å². The van der Waals surface area contributed by atoms with Gasteiger partial charge in [0.15, 0.2) is 6.61 Å². The van der Waals surface area contributed by atoms with Crippen LogP contribution in [0.5, 0.6) is 0 Å². The van der Waals surface area contributed by atoms with Crippen molar-refractivity contribution < 1.29 is 19.1 Å². The van der Waals surface area contributed by atoms with Crippen LogP contribution in [0, 0.1) is 13.8 Å². The number of benzene rings is 2. The molecule has 5 nitrogen and oxygen atoms in total. The number of carbonyl (C=O) groups is 3. The molecule has 1 heterocycles. The minimum absolute atomic E-state index is 0.0785. The molecule has 134 valence electrons. The van der Waals surface area contributed by atoms with E-state index in [1.165, 1.54) is 11.8 Å². The Hall–Kier alpha value is -2.60. The number of anilines is 1. The first kappa shape index (κ1) is 18.2. The lowest BCUT2D eigenvalue weighted by Crippen LogP contribution is -2.31. The van der Waals surface area contributed by atoms with E-state index in [-0.39, 0.29) is 24.7 Å². The lowest BCUT2D eigenvalue weighted by atomic mass is 10.0. The molecule has 0 radical (unpaired) electrons.